The standard InChI is InChI=1S/C16H15ClN2O4S/c1-2-23-16(12-6-4-3-5-11(12)15(20)19-16)10-7-8-13(17)14(9-10)24(18,21)22/h3-9H,2H2,1H3,(H,19,20)(H2,18,21,22). The van der Waals surface area contributed by atoms with Crippen molar-refractivity contribution >= 4 is 27.5 Å². The van der Waals surface area contributed by atoms with Gasteiger partial charge >= 0.3 is 0 Å². The smallest absolute Gasteiger partial charge is 0.254 e. The van der Waals surface area contributed by atoms with Crippen LogP contribution in [0.5, 0.6) is 0 Å². The molecule has 126 valence electrons. The third-order valence-corrected chi connectivity index (χ3v) is 5.24. The molecule has 0 saturated carbocycles. The summed E-state index contributed by atoms with van der Waals surface area (Å²) in [5.41, 5.74) is 0.223. The number of ether oxygens (including phenoxy) is 1. The molecule has 1 amide bonds. The molecule has 6 nitrogen and oxygen atoms in total. The van der Waals surface area contributed by atoms with Gasteiger partial charge in [0.15, 0.2) is 5.72 Å². The Morgan fingerprint density at radius 2 is 1.96 bits per heavy atom. The van der Waals surface area contributed by atoms with Crippen molar-refractivity contribution < 1.29 is 17.9 Å². The van der Waals surface area contributed by atoms with E-state index >= 15 is 0 Å². The Labute approximate surface area is 144 Å². The van der Waals surface area contributed by atoms with Crippen LogP contribution < -0.4 is 10.5 Å². The Morgan fingerprint density at radius 3 is 2.62 bits per heavy atom. The number of primary sulfonamides is 1. The first kappa shape index (κ1) is 16.9. The molecule has 0 radical (unpaired) electrons. The number of benzene rings is 2. The predicted molar refractivity (Wildman–Crippen MR) is 89.1 cm³/mol. The average Bonchev–Trinajstić information content (AvgIpc) is 2.81. The Balaban J connectivity index is 2.27. The van der Waals surface area contributed by atoms with Gasteiger partial charge < -0.3 is 10.1 Å². The van der Waals surface area contributed by atoms with Crippen LogP contribution in [-0.4, -0.2) is 20.9 Å². The zero-order valence-corrected chi connectivity index (χ0v) is 14.3. The molecule has 1 heterocycles. The predicted octanol–water partition coefficient (Wildman–Crippen LogP) is 1.97. The molecule has 1 unspecified atom stereocenters. The van der Waals surface area contributed by atoms with E-state index in [4.69, 9.17) is 21.5 Å². The number of halogens is 1. The number of nitrogens with one attached hydrogen (secondary N) is 1. The van der Waals surface area contributed by atoms with E-state index < -0.39 is 15.7 Å². The summed E-state index contributed by atoms with van der Waals surface area (Å²) in [6, 6.07) is 11.3. The minimum atomic E-state index is -4.02. The van der Waals surface area contributed by atoms with Crippen molar-refractivity contribution in [2.24, 2.45) is 5.14 Å². The average molecular weight is 367 g/mol. The third kappa shape index (κ3) is 2.59. The summed E-state index contributed by atoms with van der Waals surface area (Å²) in [5.74, 6) is -0.300. The Kier molecular flexibility index (Phi) is 4.13. The number of sulfonamides is 1. The highest BCUT2D eigenvalue weighted by molar-refractivity contribution is 7.89. The summed E-state index contributed by atoms with van der Waals surface area (Å²) in [5, 5.41) is 8.04. The van der Waals surface area contributed by atoms with Crippen LogP contribution in [0.4, 0.5) is 0 Å². The monoisotopic (exact) mass is 366 g/mol. The van der Waals surface area contributed by atoms with E-state index in [0.29, 0.717) is 23.3 Å². The van der Waals surface area contributed by atoms with E-state index in [9.17, 15) is 13.2 Å². The van der Waals surface area contributed by atoms with Gasteiger partial charge in [0.1, 0.15) is 4.90 Å². The molecule has 0 bridgehead atoms. The first-order valence-electron chi connectivity index (χ1n) is 7.18. The van der Waals surface area contributed by atoms with Crippen LogP contribution >= 0.6 is 11.6 Å². The molecule has 2 aromatic carbocycles. The maximum Gasteiger partial charge on any atom is 0.254 e. The highest BCUT2D eigenvalue weighted by Gasteiger charge is 2.45. The van der Waals surface area contributed by atoms with Crippen molar-refractivity contribution in [1.82, 2.24) is 5.32 Å². The molecule has 8 heteroatoms. The van der Waals surface area contributed by atoms with Crippen molar-refractivity contribution in [3.63, 3.8) is 0 Å². The maximum atomic E-state index is 12.3. The quantitative estimate of drug-likeness (QED) is 0.864. The van der Waals surface area contributed by atoms with Crippen LogP contribution in [0.2, 0.25) is 5.02 Å². The Morgan fingerprint density at radius 1 is 1.25 bits per heavy atom. The van der Waals surface area contributed by atoms with Crippen LogP contribution in [0.25, 0.3) is 0 Å². The molecule has 1 aliphatic rings. The van der Waals surface area contributed by atoms with Crippen molar-refractivity contribution in [2.75, 3.05) is 6.61 Å². The summed E-state index contributed by atoms with van der Waals surface area (Å²) in [4.78, 5) is 12.1. The summed E-state index contributed by atoms with van der Waals surface area (Å²) >= 11 is 5.95. The Hall–Kier alpha value is -1.93. The molecule has 3 rings (SSSR count). The van der Waals surface area contributed by atoms with Gasteiger partial charge in [-0.2, -0.15) is 0 Å². The second kappa shape index (κ2) is 5.86. The normalized spacial score (nSPS) is 19.9. The van der Waals surface area contributed by atoms with Crippen molar-refractivity contribution in [2.45, 2.75) is 17.5 Å². The van der Waals surface area contributed by atoms with Crippen LogP contribution in [0.1, 0.15) is 28.4 Å². The van der Waals surface area contributed by atoms with E-state index in [1.807, 2.05) is 0 Å². The van der Waals surface area contributed by atoms with Gasteiger partial charge in [0.2, 0.25) is 10.0 Å². The van der Waals surface area contributed by atoms with E-state index in [1.54, 1.807) is 37.3 Å². The molecule has 0 fully saturated rings. The van der Waals surface area contributed by atoms with Crippen molar-refractivity contribution in [3.8, 4) is 0 Å². The number of hydrogen-bond donors (Lipinski definition) is 2. The van der Waals surface area contributed by atoms with Crippen molar-refractivity contribution in [1.29, 1.82) is 0 Å². The van der Waals surface area contributed by atoms with E-state index in [0.717, 1.165) is 0 Å². The second-order valence-electron chi connectivity index (χ2n) is 5.30. The molecule has 2 aromatic rings. The molecule has 0 spiro atoms. The minimum Gasteiger partial charge on any atom is -0.347 e. The SMILES string of the molecule is CCOC1(c2ccc(Cl)c(S(N)(=O)=O)c2)NC(=O)c2ccccc21. The van der Waals surface area contributed by atoms with Gasteiger partial charge in [0.05, 0.1) is 5.02 Å². The molecule has 1 aliphatic heterocycles. The molecule has 3 N–H and O–H groups in total. The third-order valence-electron chi connectivity index (χ3n) is 3.85. The lowest BCUT2D eigenvalue weighted by Crippen LogP contribution is -2.43. The van der Waals surface area contributed by atoms with Gasteiger partial charge in [0.25, 0.3) is 5.91 Å². The van der Waals surface area contributed by atoms with E-state index in [-0.39, 0.29) is 15.8 Å². The van der Waals surface area contributed by atoms with Gasteiger partial charge in [-0.05, 0) is 25.1 Å². The summed E-state index contributed by atoms with van der Waals surface area (Å²) < 4.78 is 29.4. The van der Waals surface area contributed by atoms with Gasteiger partial charge in [0, 0.05) is 23.3 Å². The maximum absolute atomic E-state index is 12.3. The van der Waals surface area contributed by atoms with Crippen LogP contribution in [0, 0.1) is 0 Å². The van der Waals surface area contributed by atoms with Crippen molar-refractivity contribution in [3.05, 3.63) is 64.2 Å². The molecule has 0 aliphatic carbocycles. The van der Waals surface area contributed by atoms with Gasteiger partial charge in [-0.1, -0.05) is 35.9 Å². The fraction of sp³-hybridized carbons (Fsp3) is 0.188. The number of carbonyl (C=O) groups excluding carboxylic acids is 1. The number of fused-ring (bicyclic) bond motifs is 1. The molecule has 24 heavy (non-hydrogen) atoms. The van der Waals surface area contributed by atoms with Gasteiger partial charge in [-0.25, -0.2) is 13.6 Å². The number of rotatable bonds is 4. The molecular weight excluding hydrogens is 352 g/mol. The molecule has 1 atom stereocenters. The van der Waals surface area contributed by atoms with E-state index in [1.165, 1.54) is 12.1 Å². The van der Waals surface area contributed by atoms with Crippen LogP contribution in [-0.2, 0) is 20.5 Å². The highest BCUT2D eigenvalue weighted by atomic mass is 35.5. The first-order chi connectivity index (χ1) is 11.3. The molecule has 0 aromatic heterocycles. The van der Waals surface area contributed by atoms with Crippen LogP contribution in [0.3, 0.4) is 0 Å². The number of hydrogen-bond acceptors (Lipinski definition) is 4. The molecule has 0 saturated heterocycles. The topological polar surface area (TPSA) is 98.5 Å². The minimum absolute atomic E-state index is 0.00510. The number of nitrogens with two attached hydrogens (primary N) is 1. The van der Waals surface area contributed by atoms with Gasteiger partial charge in [-0.15, -0.1) is 0 Å². The lowest BCUT2D eigenvalue weighted by molar-refractivity contribution is -0.0258. The van der Waals surface area contributed by atoms with Gasteiger partial charge in [-0.3, -0.25) is 4.79 Å². The Bertz CT molecular complexity index is 929. The molecular formula is C16H15ClN2O4S. The number of amides is 1. The second-order valence-corrected chi connectivity index (χ2v) is 7.24. The highest BCUT2D eigenvalue weighted by Crippen LogP contribution is 2.39. The zero-order chi connectivity index (χ0) is 17.5. The lowest BCUT2D eigenvalue weighted by atomic mass is 9.94. The summed E-state index contributed by atoms with van der Waals surface area (Å²) in [6.07, 6.45) is 0. The fourth-order valence-corrected chi connectivity index (χ4v) is 3.94. The van der Waals surface area contributed by atoms with Crippen LogP contribution in [0.15, 0.2) is 47.4 Å². The number of carbonyl (C=O) groups is 1. The zero-order valence-electron chi connectivity index (χ0n) is 12.7. The summed E-state index contributed by atoms with van der Waals surface area (Å²) in [6.45, 7) is 2.08. The summed E-state index contributed by atoms with van der Waals surface area (Å²) in [7, 11) is -4.02. The van der Waals surface area contributed by atoms with E-state index in [2.05, 4.69) is 5.32 Å². The largest absolute Gasteiger partial charge is 0.347 e. The first-order valence-corrected chi connectivity index (χ1v) is 9.11. The lowest BCUT2D eigenvalue weighted by Gasteiger charge is -2.31. The fourth-order valence-electron chi connectivity index (χ4n) is 2.86.